The fourth-order valence-electron chi connectivity index (χ4n) is 4.20. The molecule has 0 radical (unpaired) electrons. The summed E-state index contributed by atoms with van der Waals surface area (Å²) in [5.41, 5.74) is 2.64. The number of H-pyrrole nitrogens is 1. The highest BCUT2D eigenvalue weighted by molar-refractivity contribution is 7.99. The van der Waals surface area contributed by atoms with Crippen LogP contribution in [-0.2, 0) is 4.79 Å². The molecule has 30 heavy (non-hydrogen) atoms. The molecule has 0 spiro atoms. The van der Waals surface area contributed by atoms with Crippen molar-refractivity contribution in [2.24, 2.45) is 0 Å². The van der Waals surface area contributed by atoms with Gasteiger partial charge in [0, 0.05) is 28.9 Å². The number of benzene rings is 1. The number of nitrogens with zero attached hydrogens (tertiary/aromatic N) is 1. The molecule has 3 heterocycles. The molecular weight excluding hydrogens is 402 g/mol. The molecule has 1 aromatic heterocycles. The summed E-state index contributed by atoms with van der Waals surface area (Å²) in [5.74, 6) is 1.45. The molecule has 5 rings (SSSR count). The molecule has 8 heteroatoms. The number of rotatable bonds is 4. The standard InChI is InChI=1S/C22H23N3O4S/c1-3-11(2)30-22-24-20-19(21(27)25-22)17(18-13(23-20)5-4-6-14(18)26)12-7-8-15-16(9-12)29-10-28-15/h7-9,11,17H,3-6,10H2,1-2H3,(H2,23,24,25,27)/t11-,17+/m0/s1. The third-order valence-electron chi connectivity index (χ3n) is 5.85. The van der Waals surface area contributed by atoms with Gasteiger partial charge in [-0.2, -0.15) is 0 Å². The monoisotopic (exact) mass is 425 g/mol. The molecule has 0 unspecified atom stereocenters. The second-order valence-electron chi connectivity index (χ2n) is 7.81. The fraction of sp³-hybridized carbons (Fsp3) is 0.409. The smallest absolute Gasteiger partial charge is 0.257 e. The predicted molar refractivity (Wildman–Crippen MR) is 114 cm³/mol. The molecule has 3 aliphatic rings. The van der Waals surface area contributed by atoms with E-state index in [4.69, 9.17) is 14.5 Å². The quantitative estimate of drug-likeness (QED) is 0.566. The van der Waals surface area contributed by atoms with Gasteiger partial charge in [0.25, 0.3) is 5.56 Å². The van der Waals surface area contributed by atoms with Gasteiger partial charge >= 0.3 is 0 Å². The van der Waals surface area contributed by atoms with E-state index >= 15 is 0 Å². The lowest BCUT2D eigenvalue weighted by atomic mass is 9.76. The van der Waals surface area contributed by atoms with E-state index in [9.17, 15) is 9.59 Å². The Morgan fingerprint density at radius 2 is 2.07 bits per heavy atom. The predicted octanol–water partition coefficient (Wildman–Crippen LogP) is 3.95. The van der Waals surface area contributed by atoms with Crippen molar-refractivity contribution in [1.82, 2.24) is 9.97 Å². The first-order valence-electron chi connectivity index (χ1n) is 10.3. The van der Waals surface area contributed by atoms with Crippen LogP contribution in [0.15, 0.2) is 39.4 Å². The lowest BCUT2D eigenvalue weighted by Crippen LogP contribution is -2.32. The maximum Gasteiger partial charge on any atom is 0.257 e. The van der Waals surface area contributed by atoms with E-state index < -0.39 is 5.92 Å². The number of fused-ring (bicyclic) bond motifs is 2. The van der Waals surface area contributed by atoms with Gasteiger partial charge in [-0.05, 0) is 37.0 Å². The van der Waals surface area contributed by atoms with Gasteiger partial charge in [0.05, 0.1) is 5.56 Å². The third kappa shape index (κ3) is 3.19. The summed E-state index contributed by atoms with van der Waals surface area (Å²) < 4.78 is 11.0. The highest BCUT2D eigenvalue weighted by Gasteiger charge is 2.38. The van der Waals surface area contributed by atoms with E-state index in [2.05, 4.69) is 24.1 Å². The van der Waals surface area contributed by atoms with Crippen molar-refractivity contribution in [2.45, 2.75) is 55.9 Å². The van der Waals surface area contributed by atoms with Crippen molar-refractivity contribution >= 4 is 23.4 Å². The Kier molecular flexibility index (Phi) is 4.81. The topological polar surface area (TPSA) is 93.3 Å². The lowest BCUT2D eigenvalue weighted by molar-refractivity contribution is -0.116. The molecule has 0 saturated carbocycles. The summed E-state index contributed by atoms with van der Waals surface area (Å²) in [5, 5.41) is 4.24. The first kappa shape index (κ1) is 19.2. The van der Waals surface area contributed by atoms with E-state index in [1.54, 1.807) is 11.8 Å². The number of aromatic nitrogens is 2. The summed E-state index contributed by atoms with van der Waals surface area (Å²) in [6.07, 6.45) is 3.03. The van der Waals surface area contributed by atoms with Gasteiger partial charge in [-0.1, -0.05) is 31.7 Å². The number of carbonyl (C=O) groups is 1. The number of carbonyl (C=O) groups excluding carboxylic acids is 1. The molecule has 156 valence electrons. The summed E-state index contributed by atoms with van der Waals surface area (Å²) in [4.78, 5) is 33.8. The van der Waals surface area contributed by atoms with Gasteiger partial charge in [-0.15, -0.1) is 0 Å². The molecule has 0 bridgehead atoms. The summed E-state index contributed by atoms with van der Waals surface area (Å²) in [6, 6.07) is 5.61. The second kappa shape index (κ2) is 7.50. The highest BCUT2D eigenvalue weighted by atomic mass is 32.2. The van der Waals surface area contributed by atoms with Crippen LogP contribution in [0.4, 0.5) is 5.82 Å². The number of aromatic amines is 1. The highest BCUT2D eigenvalue weighted by Crippen LogP contribution is 2.45. The van der Waals surface area contributed by atoms with Crippen LogP contribution >= 0.6 is 11.8 Å². The molecule has 2 aliphatic heterocycles. The number of hydrogen-bond donors (Lipinski definition) is 2. The third-order valence-corrected chi connectivity index (χ3v) is 7.01. The van der Waals surface area contributed by atoms with Crippen LogP contribution in [0.3, 0.4) is 0 Å². The number of thioether (sulfide) groups is 1. The Hall–Kier alpha value is -2.74. The fourth-order valence-corrected chi connectivity index (χ4v) is 5.04. The Balaban J connectivity index is 1.67. The minimum Gasteiger partial charge on any atom is -0.454 e. The van der Waals surface area contributed by atoms with E-state index in [0.29, 0.717) is 45.3 Å². The van der Waals surface area contributed by atoms with E-state index in [-0.39, 0.29) is 18.1 Å². The summed E-state index contributed by atoms with van der Waals surface area (Å²) in [7, 11) is 0. The van der Waals surface area contributed by atoms with Gasteiger partial charge in [-0.25, -0.2) is 4.98 Å². The van der Waals surface area contributed by atoms with Crippen molar-refractivity contribution in [3.8, 4) is 11.5 Å². The van der Waals surface area contributed by atoms with Gasteiger partial charge in [0.1, 0.15) is 5.82 Å². The van der Waals surface area contributed by atoms with Crippen LogP contribution in [0.5, 0.6) is 11.5 Å². The van der Waals surface area contributed by atoms with E-state index in [1.165, 1.54) is 0 Å². The van der Waals surface area contributed by atoms with Gasteiger partial charge in [0.2, 0.25) is 6.79 Å². The molecule has 1 aliphatic carbocycles. The Morgan fingerprint density at radius 1 is 1.23 bits per heavy atom. The molecule has 2 N–H and O–H groups in total. The Morgan fingerprint density at radius 3 is 2.90 bits per heavy atom. The zero-order chi connectivity index (χ0) is 20.8. The average molecular weight is 426 g/mol. The zero-order valence-electron chi connectivity index (χ0n) is 16.9. The number of Topliss-reactive ketones (excluding diaryl/α,β-unsaturated/α-hetero) is 1. The van der Waals surface area contributed by atoms with Crippen molar-refractivity contribution in [3.05, 3.63) is 50.9 Å². The van der Waals surface area contributed by atoms with E-state index in [1.807, 2.05) is 18.2 Å². The maximum atomic E-state index is 13.2. The zero-order valence-corrected chi connectivity index (χ0v) is 17.7. The summed E-state index contributed by atoms with van der Waals surface area (Å²) in [6.45, 7) is 4.38. The Bertz CT molecular complexity index is 1120. The normalized spacial score (nSPS) is 20.5. The van der Waals surface area contributed by atoms with Gasteiger partial charge in [-0.3, -0.25) is 9.59 Å². The van der Waals surface area contributed by atoms with Crippen LogP contribution in [-0.4, -0.2) is 27.8 Å². The number of ether oxygens (including phenoxy) is 2. The van der Waals surface area contributed by atoms with Crippen LogP contribution in [0.1, 0.15) is 56.6 Å². The van der Waals surface area contributed by atoms with Crippen molar-refractivity contribution in [3.63, 3.8) is 0 Å². The number of hydrogen-bond acceptors (Lipinski definition) is 7. The number of anilines is 1. The van der Waals surface area contributed by atoms with Gasteiger partial charge in [0.15, 0.2) is 22.4 Å². The van der Waals surface area contributed by atoms with Crippen molar-refractivity contribution in [2.75, 3.05) is 12.1 Å². The molecule has 7 nitrogen and oxygen atoms in total. The van der Waals surface area contributed by atoms with Crippen LogP contribution in [0.2, 0.25) is 0 Å². The van der Waals surface area contributed by atoms with E-state index in [0.717, 1.165) is 30.5 Å². The average Bonchev–Trinajstić information content (AvgIpc) is 3.20. The molecule has 1 aromatic carbocycles. The van der Waals surface area contributed by atoms with Crippen molar-refractivity contribution in [1.29, 1.82) is 0 Å². The number of allylic oxidation sites excluding steroid dienone is 2. The first-order valence-corrected chi connectivity index (χ1v) is 11.2. The molecular formula is C22H23N3O4S. The van der Waals surface area contributed by atoms with Crippen molar-refractivity contribution < 1.29 is 14.3 Å². The molecule has 2 atom stereocenters. The number of ketones is 1. The molecule has 0 fully saturated rings. The SMILES string of the molecule is CC[C@H](C)Sc1nc2c(c(=O)[nH]1)[C@H](c1ccc3c(c1)OCO3)C1=C(CCCC1=O)N2. The maximum absolute atomic E-state index is 13.2. The van der Waals surface area contributed by atoms with Crippen LogP contribution in [0.25, 0.3) is 0 Å². The minimum atomic E-state index is -0.475. The number of nitrogens with one attached hydrogen (secondary N) is 2. The lowest BCUT2D eigenvalue weighted by Gasteiger charge is -2.32. The summed E-state index contributed by atoms with van der Waals surface area (Å²) >= 11 is 1.55. The van der Waals surface area contributed by atoms with Crippen LogP contribution < -0.4 is 20.3 Å². The van der Waals surface area contributed by atoms with Gasteiger partial charge < -0.3 is 19.8 Å². The molecule has 0 saturated heterocycles. The second-order valence-corrected chi connectivity index (χ2v) is 9.24. The molecule has 2 aromatic rings. The first-order chi connectivity index (χ1) is 14.5. The van der Waals surface area contributed by atoms with Crippen LogP contribution in [0, 0.1) is 0 Å². The molecule has 0 amide bonds. The largest absolute Gasteiger partial charge is 0.454 e. The minimum absolute atomic E-state index is 0.0783. The Labute approximate surface area is 178 Å².